The van der Waals surface area contributed by atoms with Gasteiger partial charge in [0.2, 0.25) is 0 Å². The Labute approximate surface area is 156 Å². The van der Waals surface area contributed by atoms with Crippen LogP contribution < -0.4 is 4.90 Å². The van der Waals surface area contributed by atoms with Gasteiger partial charge in [-0.15, -0.1) is 0 Å². The van der Waals surface area contributed by atoms with Crippen molar-refractivity contribution < 1.29 is 4.79 Å². The van der Waals surface area contributed by atoms with Gasteiger partial charge in [-0.1, -0.05) is 43.7 Å². The molecule has 5 nitrogen and oxygen atoms in total. The van der Waals surface area contributed by atoms with Gasteiger partial charge in [-0.25, -0.2) is 9.97 Å². The third-order valence-electron chi connectivity index (χ3n) is 4.84. The van der Waals surface area contributed by atoms with Crippen molar-refractivity contribution in [3.05, 3.63) is 42.1 Å². The van der Waals surface area contributed by atoms with Gasteiger partial charge in [0, 0.05) is 38.3 Å². The molecule has 0 aliphatic carbocycles. The molecule has 26 heavy (non-hydrogen) atoms. The highest BCUT2D eigenvalue weighted by molar-refractivity contribution is 5.93. The van der Waals surface area contributed by atoms with Crippen molar-refractivity contribution in [3.63, 3.8) is 0 Å². The normalized spacial score (nSPS) is 14.3. The quantitative estimate of drug-likeness (QED) is 0.788. The number of carbonyl (C=O) groups excluding carboxylic acids is 1. The third kappa shape index (κ3) is 4.40. The molecule has 0 atom stereocenters. The van der Waals surface area contributed by atoms with Gasteiger partial charge in [-0.2, -0.15) is 0 Å². The molecule has 1 aliphatic heterocycles. The van der Waals surface area contributed by atoms with Crippen LogP contribution in [0.1, 0.15) is 49.5 Å². The van der Waals surface area contributed by atoms with E-state index in [2.05, 4.69) is 16.8 Å². The fraction of sp³-hybridized carbons (Fsp3) is 0.476. The number of benzene rings is 1. The van der Waals surface area contributed by atoms with Gasteiger partial charge < -0.3 is 9.80 Å². The van der Waals surface area contributed by atoms with Crippen LogP contribution in [0.25, 0.3) is 11.4 Å². The highest BCUT2D eigenvalue weighted by Gasteiger charge is 2.20. The lowest BCUT2D eigenvalue weighted by molar-refractivity contribution is 0.0787. The Morgan fingerprint density at radius 2 is 1.85 bits per heavy atom. The molecule has 1 aromatic carbocycles. The molecule has 1 fully saturated rings. The van der Waals surface area contributed by atoms with Gasteiger partial charge in [0.05, 0.1) is 0 Å². The number of piperidine rings is 1. The molecule has 1 aromatic heterocycles. The molecule has 0 radical (unpaired) electrons. The molecule has 1 aliphatic rings. The number of hydrogen-bond acceptors (Lipinski definition) is 4. The Morgan fingerprint density at radius 1 is 1.12 bits per heavy atom. The van der Waals surface area contributed by atoms with E-state index < -0.39 is 0 Å². The average Bonchev–Trinajstić information content (AvgIpc) is 2.72. The zero-order valence-corrected chi connectivity index (χ0v) is 15.8. The number of carbonyl (C=O) groups is 1. The van der Waals surface area contributed by atoms with Crippen LogP contribution >= 0.6 is 0 Å². The van der Waals surface area contributed by atoms with E-state index in [9.17, 15) is 4.79 Å². The number of amides is 1. The van der Waals surface area contributed by atoms with E-state index in [1.807, 2.05) is 43.4 Å². The van der Waals surface area contributed by atoms with E-state index in [4.69, 9.17) is 4.98 Å². The number of rotatable bonds is 6. The second kappa shape index (κ2) is 8.79. The summed E-state index contributed by atoms with van der Waals surface area (Å²) in [6.07, 6.45) is 5.67. The minimum atomic E-state index is -0.0312. The molecule has 2 heterocycles. The number of anilines is 1. The average molecular weight is 352 g/mol. The van der Waals surface area contributed by atoms with Crippen LogP contribution in [0.4, 0.5) is 5.82 Å². The van der Waals surface area contributed by atoms with E-state index in [1.165, 1.54) is 19.3 Å². The van der Waals surface area contributed by atoms with Crippen molar-refractivity contribution in [3.8, 4) is 11.4 Å². The van der Waals surface area contributed by atoms with Crippen LogP contribution in [-0.4, -0.2) is 47.5 Å². The molecule has 3 rings (SSSR count). The van der Waals surface area contributed by atoms with Crippen molar-refractivity contribution >= 4 is 11.7 Å². The Kier molecular flexibility index (Phi) is 6.21. The highest BCUT2D eigenvalue weighted by Crippen LogP contribution is 2.23. The van der Waals surface area contributed by atoms with Gasteiger partial charge in [-0.05, 0) is 25.7 Å². The zero-order valence-electron chi connectivity index (χ0n) is 15.8. The monoisotopic (exact) mass is 352 g/mol. The maximum Gasteiger partial charge on any atom is 0.272 e. The molecule has 1 saturated heterocycles. The lowest BCUT2D eigenvalue weighted by atomic mass is 10.1. The zero-order chi connectivity index (χ0) is 18.4. The smallest absolute Gasteiger partial charge is 0.272 e. The predicted molar refractivity (Wildman–Crippen MR) is 105 cm³/mol. The summed E-state index contributed by atoms with van der Waals surface area (Å²) in [6, 6.07) is 11.8. The molecule has 1 amide bonds. The first-order valence-electron chi connectivity index (χ1n) is 9.64. The molecular weight excluding hydrogens is 324 g/mol. The van der Waals surface area contributed by atoms with Crippen molar-refractivity contribution in [1.29, 1.82) is 0 Å². The van der Waals surface area contributed by atoms with E-state index >= 15 is 0 Å². The molecule has 0 spiro atoms. The topological polar surface area (TPSA) is 49.3 Å². The van der Waals surface area contributed by atoms with Crippen LogP contribution in [0.15, 0.2) is 36.4 Å². The van der Waals surface area contributed by atoms with Crippen LogP contribution in [-0.2, 0) is 0 Å². The number of unbranched alkanes of at least 4 members (excludes halogenated alkanes) is 1. The minimum absolute atomic E-state index is 0.0312. The summed E-state index contributed by atoms with van der Waals surface area (Å²) in [5.41, 5.74) is 1.43. The number of hydrogen-bond donors (Lipinski definition) is 0. The first kappa shape index (κ1) is 18.4. The van der Waals surface area contributed by atoms with Crippen molar-refractivity contribution in [2.24, 2.45) is 0 Å². The first-order chi connectivity index (χ1) is 12.7. The lowest BCUT2D eigenvalue weighted by Gasteiger charge is -2.28. The van der Waals surface area contributed by atoms with Crippen LogP contribution in [0.5, 0.6) is 0 Å². The summed E-state index contributed by atoms with van der Waals surface area (Å²) < 4.78 is 0. The Hall–Kier alpha value is -2.43. The van der Waals surface area contributed by atoms with E-state index in [-0.39, 0.29) is 5.91 Å². The summed E-state index contributed by atoms with van der Waals surface area (Å²) in [6.45, 7) is 4.86. The molecule has 0 saturated carbocycles. The van der Waals surface area contributed by atoms with Crippen LogP contribution in [0, 0.1) is 0 Å². The highest BCUT2D eigenvalue weighted by atomic mass is 16.2. The van der Waals surface area contributed by atoms with E-state index in [0.29, 0.717) is 11.5 Å². The van der Waals surface area contributed by atoms with Gasteiger partial charge in [0.15, 0.2) is 5.82 Å². The standard InChI is InChI=1S/C21H28N4O/c1-3-4-13-24(2)21(26)18-16-19(25-14-9-6-10-15-25)23-20(22-18)17-11-7-5-8-12-17/h5,7-8,11-12,16H,3-4,6,9-10,13-15H2,1-2H3. The van der Waals surface area contributed by atoms with Gasteiger partial charge in [0.1, 0.15) is 11.5 Å². The molecule has 0 bridgehead atoms. The lowest BCUT2D eigenvalue weighted by Crippen LogP contribution is -2.32. The molecule has 5 heteroatoms. The third-order valence-corrected chi connectivity index (χ3v) is 4.84. The van der Waals surface area contributed by atoms with Crippen molar-refractivity contribution in [1.82, 2.24) is 14.9 Å². The molecule has 0 N–H and O–H groups in total. The fourth-order valence-electron chi connectivity index (χ4n) is 3.24. The Balaban J connectivity index is 1.95. The fourth-order valence-corrected chi connectivity index (χ4v) is 3.24. The largest absolute Gasteiger partial charge is 0.356 e. The maximum atomic E-state index is 12.9. The number of nitrogens with zero attached hydrogens (tertiary/aromatic N) is 4. The number of aromatic nitrogens is 2. The van der Waals surface area contributed by atoms with Gasteiger partial charge in [0.25, 0.3) is 5.91 Å². The first-order valence-corrected chi connectivity index (χ1v) is 9.64. The molecular formula is C21H28N4O. The summed E-state index contributed by atoms with van der Waals surface area (Å²) in [4.78, 5) is 26.3. The summed E-state index contributed by atoms with van der Waals surface area (Å²) in [7, 11) is 1.85. The van der Waals surface area contributed by atoms with E-state index in [0.717, 1.165) is 43.9 Å². The molecule has 138 valence electrons. The van der Waals surface area contributed by atoms with Gasteiger partial charge in [-0.3, -0.25) is 4.79 Å². The molecule has 2 aromatic rings. The SMILES string of the molecule is CCCCN(C)C(=O)c1cc(N2CCCCC2)nc(-c2ccccc2)n1. The van der Waals surface area contributed by atoms with Crippen molar-refractivity contribution in [2.75, 3.05) is 31.6 Å². The van der Waals surface area contributed by atoms with E-state index in [1.54, 1.807) is 4.90 Å². The van der Waals surface area contributed by atoms with Crippen LogP contribution in [0.2, 0.25) is 0 Å². The minimum Gasteiger partial charge on any atom is -0.356 e. The van der Waals surface area contributed by atoms with Crippen molar-refractivity contribution in [2.45, 2.75) is 39.0 Å². The second-order valence-corrected chi connectivity index (χ2v) is 6.93. The van der Waals surface area contributed by atoms with Crippen LogP contribution in [0.3, 0.4) is 0 Å². The predicted octanol–water partition coefficient (Wildman–Crippen LogP) is 4.01. The summed E-state index contributed by atoms with van der Waals surface area (Å²) >= 11 is 0. The summed E-state index contributed by atoms with van der Waals surface area (Å²) in [5, 5.41) is 0. The second-order valence-electron chi connectivity index (χ2n) is 6.93. The Bertz CT molecular complexity index is 726. The molecule has 0 unspecified atom stereocenters. The summed E-state index contributed by atoms with van der Waals surface area (Å²) in [5.74, 6) is 1.46. The maximum absolute atomic E-state index is 12.9. The van der Waals surface area contributed by atoms with Gasteiger partial charge >= 0.3 is 0 Å². The Morgan fingerprint density at radius 3 is 2.54 bits per heavy atom.